The van der Waals surface area contributed by atoms with E-state index in [-0.39, 0.29) is 28.6 Å². The second-order valence-electron chi connectivity index (χ2n) is 10.7. The summed E-state index contributed by atoms with van der Waals surface area (Å²) >= 11 is 0. The standard InChI is InChI=1S/C30H36N6O4S/c31-29(32)26-7-4-8-27(17-26)36-20-25(22-40-21-24-5-2-1-3-6-24)19-34(30(36)37)18-23-11-15-35(16-12-23)41(38,39)28-9-13-33-14-10-28/h1-10,13-14,17,23,25H,11-12,15-16,18-22H2,(H3,31,32). The Bertz CT molecular complexity index is 1450. The smallest absolute Gasteiger partial charge is 0.324 e. The van der Waals surface area contributed by atoms with Gasteiger partial charge in [0, 0.05) is 62.3 Å². The van der Waals surface area contributed by atoms with Crippen molar-refractivity contribution in [1.29, 1.82) is 5.41 Å². The van der Waals surface area contributed by atoms with E-state index in [2.05, 4.69) is 4.98 Å². The van der Waals surface area contributed by atoms with Crippen LogP contribution in [0, 0.1) is 17.2 Å². The van der Waals surface area contributed by atoms with Gasteiger partial charge < -0.3 is 15.4 Å². The number of hydrogen-bond acceptors (Lipinski definition) is 6. The summed E-state index contributed by atoms with van der Waals surface area (Å²) < 4.78 is 33.7. The van der Waals surface area contributed by atoms with Crippen LogP contribution in [0.1, 0.15) is 24.0 Å². The molecule has 0 radical (unpaired) electrons. The van der Waals surface area contributed by atoms with Crippen LogP contribution in [0.2, 0.25) is 0 Å². The highest BCUT2D eigenvalue weighted by atomic mass is 32.2. The maximum absolute atomic E-state index is 13.7. The summed E-state index contributed by atoms with van der Waals surface area (Å²) in [4.78, 5) is 21.5. The zero-order valence-electron chi connectivity index (χ0n) is 22.9. The Morgan fingerprint density at radius 3 is 2.41 bits per heavy atom. The number of nitrogen functional groups attached to an aromatic ring is 1. The maximum Gasteiger partial charge on any atom is 0.324 e. The number of benzene rings is 2. The molecule has 2 aromatic carbocycles. The molecule has 1 aromatic heterocycles. The number of sulfonamides is 1. The number of carbonyl (C=O) groups excluding carboxylic acids is 1. The van der Waals surface area contributed by atoms with E-state index in [0.717, 1.165) is 5.56 Å². The molecule has 2 aliphatic heterocycles. The molecule has 41 heavy (non-hydrogen) atoms. The fourth-order valence-electron chi connectivity index (χ4n) is 5.49. The number of nitrogens with one attached hydrogen (secondary N) is 1. The fourth-order valence-corrected chi connectivity index (χ4v) is 6.95. The minimum absolute atomic E-state index is 0.0515. The number of aromatic nitrogens is 1. The molecule has 216 valence electrons. The molecule has 0 aliphatic carbocycles. The highest BCUT2D eigenvalue weighted by Gasteiger charge is 2.36. The molecular formula is C30H36N6O4S. The number of ether oxygens (including phenoxy) is 1. The first kappa shape index (κ1) is 28.7. The zero-order chi connectivity index (χ0) is 28.8. The Kier molecular flexibility index (Phi) is 8.96. The van der Waals surface area contributed by atoms with Crippen molar-refractivity contribution in [3.05, 3.63) is 90.3 Å². The lowest BCUT2D eigenvalue weighted by molar-refractivity contribution is 0.0661. The van der Waals surface area contributed by atoms with Crippen LogP contribution in [0.15, 0.2) is 84.0 Å². The quantitative estimate of drug-likeness (QED) is 0.280. The molecule has 10 nitrogen and oxygen atoms in total. The van der Waals surface area contributed by atoms with Gasteiger partial charge in [0.1, 0.15) is 5.84 Å². The van der Waals surface area contributed by atoms with E-state index < -0.39 is 10.0 Å². The Hall–Kier alpha value is -3.80. The van der Waals surface area contributed by atoms with Gasteiger partial charge in [-0.1, -0.05) is 42.5 Å². The van der Waals surface area contributed by atoms with Crippen molar-refractivity contribution >= 4 is 27.6 Å². The van der Waals surface area contributed by atoms with E-state index in [9.17, 15) is 13.2 Å². The molecule has 5 rings (SSSR count). The SMILES string of the molecule is N=C(N)c1cccc(N2CC(COCc3ccccc3)CN(CC3CCN(S(=O)(=O)c4ccncc4)CC3)C2=O)c1. The van der Waals surface area contributed by atoms with Gasteiger partial charge in [0.2, 0.25) is 10.0 Å². The maximum atomic E-state index is 13.7. The van der Waals surface area contributed by atoms with Crippen LogP contribution in [0.5, 0.6) is 0 Å². The average molecular weight is 577 g/mol. The number of anilines is 1. The lowest BCUT2D eigenvalue weighted by atomic mass is 9.96. The predicted molar refractivity (Wildman–Crippen MR) is 157 cm³/mol. The molecule has 2 amide bonds. The van der Waals surface area contributed by atoms with Gasteiger partial charge >= 0.3 is 6.03 Å². The summed E-state index contributed by atoms with van der Waals surface area (Å²) in [5, 5.41) is 7.83. The van der Waals surface area contributed by atoms with Crippen molar-refractivity contribution in [2.24, 2.45) is 17.6 Å². The van der Waals surface area contributed by atoms with E-state index in [1.165, 1.54) is 28.8 Å². The fraction of sp³-hybridized carbons (Fsp3) is 0.367. The summed E-state index contributed by atoms with van der Waals surface area (Å²) in [6, 6.07) is 20.1. The van der Waals surface area contributed by atoms with Gasteiger partial charge in [0.05, 0.1) is 18.1 Å². The van der Waals surface area contributed by atoms with Gasteiger partial charge in [-0.3, -0.25) is 15.3 Å². The van der Waals surface area contributed by atoms with Crippen LogP contribution in [-0.2, 0) is 21.4 Å². The summed E-state index contributed by atoms with van der Waals surface area (Å²) in [6.07, 6.45) is 4.31. The zero-order valence-corrected chi connectivity index (χ0v) is 23.7. The number of hydrogen-bond donors (Lipinski definition) is 2. The van der Waals surface area contributed by atoms with Gasteiger partial charge in [0.25, 0.3) is 0 Å². The molecular weight excluding hydrogens is 540 g/mol. The number of urea groups is 1. The summed E-state index contributed by atoms with van der Waals surface area (Å²) in [7, 11) is -3.57. The van der Waals surface area contributed by atoms with Gasteiger partial charge in [-0.15, -0.1) is 0 Å². The van der Waals surface area contributed by atoms with E-state index in [4.69, 9.17) is 15.9 Å². The minimum atomic E-state index is -3.57. The molecule has 0 saturated carbocycles. The molecule has 11 heteroatoms. The minimum Gasteiger partial charge on any atom is -0.384 e. The van der Waals surface area contributed by atoms with Crippen LogP contribution in [0.4, 0.5) is 10.5 Å². The number of nitrogens with zero attached hydrogens (tertiary/aromatic N) is 4. The molecule has 2 saturated heterocycles. The molecule has 0 spiro atoms. The second-order valence-corrected chi connectivity index (χ2v) is 12.6. The van der Waals surface area contributed by atoms with Crippen LogP contribution >= 0.6 is 0 Å². The number of nitrogens with two attached hydrogens (primary N) is 1. The molecule has 1 unspecified atom stereocenters. The van der Waals surface area contributed by atoms with Gasteiger partial charge in [-0.25, -0.2) is 13.2 Å². The van der Waals surface area contributed by atoms with Crippen LogP contribution in [0.25, 0.3) is 0 Å². The second kappa shape index (κ2) is 12.8. The first-order valence-corrected chi connectivity index (χ1v) is 15.3. The number of piperidine rings is 1. The van der Waals surface area contributed by atoms with Crippen molar-refractivity contribution in [2.75, 3.05) is 44.2 Å². The number of amidine groups is 1. The van der Waals surface area contributed by atoms with Gasteiger partial charge in [-0.2, -0.15) is 4.31 Å². The molecule has 3 N–H and O–H groups in total. The first-order chi connectivity index (χ1) is 19.8. The number of amides is 2. The van der Waals surface area contributed by atoms with Crippen molar-refractivity contribution in [3.8, 4) is 0 Å². The molecule has 1 atom stereocenters. The highest BCUT2D eigenvalue weighted by Crippen LogP contribution is 2.28. The van der Waals surface area contributed by atoms with Gasteiger partial charge in [0.15, 0.2) is 0 Å². The van der Waals surface area contributed by atoms with Crippen molar-refractivity contribution in [2.45, 2.75) is 24.3 Å². The van der Waals surface area contributed by atoms with E-state index in [1.54, 1.807) is 23.1 Å². The average Bonchev–Trinajstić information content (AvgIpc) is 3.00. The molecule has 2 fully saturated rings. The van der Waals surface area contributed by atoms with Crippen molar-refractivity contribution in [3.63, 3.8) is 0 Å². The summed E-state index contributed by atoms with van der Waals surface area (Å²) in [5.74, 6) is 0.200. The van der Waals surface area contributed by atoms with E-state index in [1.807, 2.05) is 41.3 Å². The van der Waals surface area contributed by atoms with Crippen LogP contribution in [-0.4, -0.2) is 73.8 Å². The summed E-state index contributed by atoms with van der Waals surface area (Å²) in [6.45, 7) is 3.40. The molecule has 3 aromatic rings. The Morgan fingerprint density at radius 2 is 1.71 bits per heavy atom. The number of carbonyl (C=O) groups is 1. The van der Waals surface area contributed by atoms with Crippen LogP contribution in [0.3, 0.4) is 0 Å². The largest absolute Gasteiger partial charge is 0.384 e. The highest BCUT2D eigenvalue weighted by molar-refractivity contribution is 7.89. The number of pyridine rings is 1. The summed E-state index contributed by atoms with van der Waals surface area (Å²) in [5.41, 5.74) is 8.07. The normalized spacial score (nSPS) is 18.9. The topological polar surface area (TPSA) is 133 Å². The third-order valence-electron chi connectivity index (χ3n) is 7.69. The lowest BCUT2D eigenvalue weighted by Crippen LogP contribution is -2.56. The Labute approximate surface area is 241 Å². The third-order valence-corrected chi connectivity index (χ3v) is 9.61. The molecule has 3 heterocycles. The molecule has 2 aliphatic rings. The predicted octanol–water partition coefficient (Wildman–Crippen LogP) is 3.54. The van der Waals surface area contributed by atoms with E-state index in [0.29, 0.717) is 70.0 Å². The lowest BCUT2D eigenvalue weighted by Gasteiger charge is -2.42. The first-order valence-electron chi connectivity index (χ1n) is 13.8. The van der Waals surface area contributed by atoms with Crippen LogP contribution < -0.4 is 10.6 Å². The Balaban J connectivity index is 1.26. The van der Waals surface area contributed by atoms with Crippen molar-refractivity contribution in [1.82, 2.24) is 14.2 Å². The van der Waals surface area contributed by atoms with E-state index >= 15 is 0 Å². The Morgan fingerprint density at radius 1 is 0.976 bits per heavy atom. The molecule has 0 bridgehead atoms. The number of rotatable bonds is 10. The van der Waals surface area contributed by atoms with Crippen molar-refractivity contribution < 1.29 is 17.9 Å². The third kappa shape index (κ3) is 6.92. The monoisotopic (exact) mass is 576 g/mol. The van der Waals surface area contributed by atoms with Gasteiger partial charge in [-0.05, 0) is 48.6 Å².